The molecule has 2 aromatic carbocycles. The Labute approximate surface area is 174 Å². The molecule has 30 heavy (non-hydrogen) atoms. The Balaban J connectivity index is 1.51. The van der Waals surface area contributed by atoms with Gasteiger partial charge in [0.1, 0.15) is 35.9 Å². The number of ether oxygens (including phenoxy) is 5. The van der Waals surface area contributed by atoms with Crippen LogP contribution in [0.25, 0.3) is 0 Å². The zero-order valence-corrected chi connectivity index (χ0v) is 16.8. The summed E-state index contributed by atoms with van der Waals surface area (Å²) in [5.74, 6) is 0.893. The van der Waals surface area contributed by atoms with E-state index in [2.05, 4.69) is 5.32 Å². The molecule has 8 heteroatoms. The number of carbonyl (C=O) groups is 1. The average molecular weight is 415 g/mol. The highest BCUT2D eigenvalue weighted by atomic mass is 16.7. The molecular weight excluding hydrogens is 390 g/mol. The topological polar surface area (TPSA) is 95.5 Å². The molecule has 2 fully saturated rings. The van der Waals surface area contributed by atoms with E-state index in [-0.39, 0.29) is 12.5 Å². The van der Waals surface area contributed by atoms with Crippen molar-refractivity contribution in [2.75, 3.05) is 13.7 Å². The van der Waals surface area contributed by atoms with Crippen LogP contribution in [-0.2, 0) is 19.0 Å². The molecule has 160 valence electrons. The molecule has 8 nitrogen and oxygen atoms in total. The highest BCUT2D eigenvalue weighted by Crippen LogP contribution is 2.35. The van der Waals surface area contributed by atoms with E-state index in [0.717, 1.165) is 5.56 Å². The lowest BCUT2D eigenvalue weighted by atomic mass is 9.95. The van der Waals surface area contributed by atoms with Crippen LogP contribution < -0.4 is 14.8 Å². The quantitative estimate of drug-likeness (QED) is 0.769. The fourth-order valence-corrected chi connectivity index (χ4v) is 3.65. The number of hydrogen-bond acceptors (Lipinski definition) is 7. The van der Waals surface area contributed by atoms with Crippen LogP contribution >= 0.6 is 0 Å². The van der Waals surface area contributed by atoms with E-state index < -0.39 is 36.9 Å². The van der Waals surface area contributed by atoms with Crippen molar-refractivity contribution in [3.63, 3.8) is 0 Å². The fraction of sp³-hybridized carbons (Fsp3) is 0.409. The first-order chi connectivity index (χ1) is 14.5. The summed E-state index contributed by atoms with van der Waals surface area (Å²) in [6, 6.07) is 15.6. The van der Waals surface area contributed by atoms with Gasteiger partial charge in [0.25, 0.3) is 0 Å². The van der Waals surface area contributed by atoms with Crippen LogP contribution in [0.1, 0.15) is 18.8 Å². The number of fused-ring (bicyclic) bond motifs is 1. The second-order valence-corrected chi connectivity index (χ2v) is 7.23. The van der Waals surface area contributed by atoms with Crippen LogP contribution in [0, 0.1) is 0 Å². The van der Waals surface area contributed by atoms with Gasteiger partial charge in [-0.15, -0.1) is 0 Å². The van der Waals surface area contributed by atoms with Crippen molar-refractivity contribution in [3.8, 4) is 11.5 Å². The number of carbonyl (C=O) groups excluding carboxylic acids is 1. The molecular formula is C22H25NO7. The van der Waals surface area contributed by atoms with Crippen molar-refractivity contribution in [1.29, 1.82) is 0 Å². The SMILES string of the molecule is COc1ccc(O[C@@H]2O[C@@H]3CO[C@@H](c4ccccc4)O[C@@H]3[C@H](O)[C@@H]2NC(C)=O)cc1. The monoisotopic (exact) mass is 415 g/mol. The van der Waals surface area contributed by atoms with Gasteiger partial charge in [0.2, 0.25) is 12.2 Å². The molecule has 2 saturated heterocycles. The maximum Gasteiger partial charge on any atom is 0.223 e. The molecule has 0 radical (unpaired) electrons. The third-order valence-corrected chi connectivity index (χ3v) is 5.12. The smallest absolute Gasteiger partial charge is 0.223 e. The Morgan fingerprint density at radius 3 is 2.43 bits per heavy atom. The summed E-state index contributed by atoms with van der Waals surface area (Å²) in [6.07, 6.45) is -3.82. The number of hydrogen-bond donors (Lipinski definition) is 2. The van der Waals surface area contributed by atoms with Gasteiger partial charge >= 0.3 is 0 Å². The summed E-state index contributed by atoms with van der Waals surface area (Å²) in [6.45, 7) is 1.59. The van der Waals surface area contributed by atoms with Crippen molar-refractivity contribution in [1.82, 2.24) is 5.32 Å². The van der Waals surface area contributed by atoms with Crippen molar-refractivity contribution >= 4 is 5.91 Å². The highest BCUT2D eigenvalue weighted by Gasteiger charge is 2.50. The van der Waals surface area contributed by atoms with E-state index in [4.69, 9.17) is 23.7 Å². The lowest BCUT2D eigenvalue weighted by Crippen LogP contribution is -2.67. The zero-order chi connectivity index (χ0) is 21.1. The Morgan fingerprint density at radius 2 is 1.77 bits per heavy atom. The molecule has 2 aliphatic heterocycles. The van der Waals surface area contributed by atoms with Crippen LogP contribution in [0.4, 0.5) is 0 Å². The van der Waals surface area contributed by atoms with Crippen LogP contribution in [0.5, 0.6) is 11.5 Å². The van der Waals surface area contributed by atoms with Gasteiger partial charge in [0.05, 0.1) is 13.7 Å². The third-order valence-electron chi connectivity index (χ3n) is 5.12. The van der Waals surface area contributed by atoms with E-state index in [1.807, 2.05) is 30.3 Å². The van der Waals surface area contributed by atoms with Crippen molar-refractivity contribution in [2.24, 2.45) is 0 Å². The van der Waals surface area contributed by atoms with Crippen LogP contribution in [-0.4, -0.2) is 55.4 Å². The Morgan fingerprint density at radius 1 is 1.07 bits per heavy atom. The Bertz CT molecular complexity index is 844. The molecule has 2 heterocycles. The predicted molar refractivity (Wildman–Crippen MR) is 106 cm³/mol. The molecule has 0 saturated carbocycles. The van der Waals surface area contributed by atoms with Gasteiger partial charge in [-0.25, -0.2) is 0 Å². The van der Waals surface area contributed by atoms with Crippen molar-refractivity contribution < 1.29 is 33.6 Å². The minimum Gasteiger partial charge on any atom is -0.497 e. The number of methoxy groups -OCH3 is 1. The summed E-state index contributed by atoms with van der Waals surface area (Å²) < 4.78 is 28.9. The van der Waals surface area contributed by atoms with Crippen LogP contribution in [0.3, 0.4) is 0 Å². The largest absolute Gasteiger partial charge is 0.497 e. The van der Waals surface area contributed by atoms with E-state index in [1.165, 1.54) is 6.92 Å². The second-order valence-electron chi connectivity index (χ2n) is 7.23. The number of aliphatic hydroxyl groups excluding tert-OH is 1. The molecule has 6 atom stereocenters. The molecule has 0 aliphatic carbocycles. The number of aliphatic hydroxyl groups is 1. The standard InChI is InChI=1S/C22H25NO7/c1-13(24)23-18-19(25)20-17(12-27-21(30-20)14-6-4-3-5-7-14)29-22(18)28-16-10-8-15(26-2)9-11-16/h3-11,17-22,25H,12H2,1-2H3,(H,23,24)/t17-,18+,19-,20+,21-,22-/m1/s1. The molecule has 4 rings (SSSR count). The fourth-order valence-electron chi connectivity index (χ4n) is 3.65. The molecule has 2 N–H and O–H groups in total. The first-order valence-electron chi connectivity index (χ1n) is 9.78. The van der Waals surface area contributed by atoms with E-state index in [0.29, 0.717) is 11.5 Å². The average Bonchev–Trinajstić information content (AvgIpc) is 2.77. The van der Waals surface area contributed by atoms with E-state index >= 15 is 0 Å². The highest BCUT2D eigenvalue weighted by molar-refractivity contribution is 5.73. The summed E-state index contributed by atoms with van der Waals surface area (Å²) in [7, 11) is 1.58. The van der Waals surface area contributed by atoms with Gasteiger partial charge in [0.15, 0.2) is 6.29 Å². The van der Waals surface area contributed by atoms with Crippen LogP contribution in [0.15, 0.2) is 54.6 Å². The van der Waals surface area contributed by atoms with Crippen molar-refractivity contribution in [2.45, 2.75) is 43.9 Å². The molecule has 0 aromatic heterocycles. The summed E-state index contributed by atoms with van der Waals surface area (Å²) in [4.78, 5) is 11.8. The Kier molecular flexibility index (Phi) is 6.19. The van der Waals surface area contributed by atoms with E-state index in [9.17, 15) is 9.90 Å². The van der Waals surface area contributed by atoms with Crippen LogP contribution in [0.2, 0.25) is 0 Å². The zero-order valence-electron chi connectivity index (χ0n) is 16.8. The third kappa shape index (κ3) is 4.41. The number of amides is 1. The number of rotatable bonds is 5. The first-order valence-corrected chi connectivity index (χ1v) is 9.78. The van der Waals surface area contributed by atoms with E-state index in [1.54, 1.807) is 31.4 Å². The van der Waals surface area contributed by atoms with Gasteiger partial charge < -0.3 is 34.1 Å². The molecule has 1 amide bonds. The van der Waals surface area contributed by atoms with Gasteiger partial charge in [-0.2, -0.15) is 0 Å². The molecule has 0 bridgehead atoms. The minimum atomic E-state index is -1.05. The lowest BCUT2D eigenvalue weighted by molar-refractivity contribution is -0.333. The van der Waals surface area contributed by atoms with Gasteiger partial charge in [0, 0.05) is 12.5 Å². The summed E-state index contributed by atoms with van der Waals surface area (Å²) >= 11 is 0. The van der Waals surface area contributed by atoms with Gasteiger partial charge in [-0.05, 0) is 24.3 Å². The molecule has 2 aliphatic rings. The number of nitrogens with one attached hydrogen (secondary N) is 1. The predicted octanol–water partition coefficient (Wildman–Crippen LogP) is 1.78. The second kappa shape index (κ2) is 9.01. The van der Waals surface area contributed by atoms with Crippen molar-refractivity contribution in [3.05, 3.63) is 60.2 Å². The molecule has 0 unspecified atom stereocenters. The maximum absolute atomic E-state index is 11.8. The maximum atomic E-state index is 11.8. The minimum absolute atomic E-state index is 0.219. The number of benzene rings is 2. The Hall–Kier alpha value is -2.65. The van der Waals surface area contributed by atoms with Gasteiger partial charge in [-0.3, -0.25) is 4.79 Å². The molecule has 0 spiro atoms. The lowest BCUT2D eigenvalue weighted by Gasteiger charge is -2.47. The molecule has 2 aromatic rings. The van der Waals surface area contributed by atoms with Gasteiger partial charge in [-0.1, -0.05) is 30.3 Å². The summed E-state index contributed by atoms with van der Waals surface area (Å²) in [5.41, 5.74) is 0.843. The first kappa shape index (κ1) is 20.6. The summed E-state index contributed by atoms with van der Waals surface area (Å²) in [5, 5.41) is 13.8. The normalized spacial score (nSPS) is 30.8.